The minimum absolute atomic E-state index is 0.140. The first kappa shape index (κ1) is 21.0. The lowest BCUT2D eigenvalue weighted by Gasteiger charge is -2.16. The Morgan fingerprint density at radius 2 is 1.55 bits per heavy atom. The first-order valence-electron chi connectivity index (χ1n) is 9.80. The summed E-state index contributed by atoms with van der Waals surface area (Å²) < 4.78 is 27.6. The predicted octanol–water partition coefficient (Wildman–Crippen LogP) is 4.01. The Balaban J connectivity index is 1.71. The quantitative estimate of drug-likeness (QED) is 0.283. The number of benzene rings is 3. The lowest BCUT2D eigenvalue weighted by atomic mass is 10.1. The maximum Gasteiger partial charge on any atom is 0.268 e. The van der Waals surface area contributed by atoms with E-state index in [1.165, 1.54) is 0 Å². The van der Waals surface area contributed by atoms with Gasteiger partial charge in [0.15, 0.2) is 0 Å². The lowest BCUT2D eigenvalue weighted by molar-refractivity contribution is 0.282. The van der Waals surface area contributed by atoms with E-state index < -0.39 is 10.1 Å². The number of aliphatic hydroxyl groups excluding tert-OH is 1. The number of rotatable bonds is 8. The van der Waals surface area contributed by atoms with Crippen LogP contribution >= 0.6 is 0 Å². The second kappa shape index (κ2) is 8.89. The van der Waals surface area contributed by atoms with E-state index in [1.54, 1.807) is 6.07 Å². The van der Waals surface area contributed by atoms with Crippen molar-refractivity contribution in [2.24, 2.45) is 0 Å². The lowest BCUT2D eigenvalue weighted by Crippen LogP contribution is -2.16. The van der Waals surface area contributed by atoms with Crippen LogP contribution in [0, 0.1) is 0 Å². The maximum atomic E-state index is 11.5. The van der Waals surface area contributed by atoms with E-state index in [0.29, 0.717) is 11.3 Å². The Morgan fingerprint density at radius 1 is 0.935 bits per heavy atom. The van der Waals surface area contributed by atoms with E-state index in [-0.39, 0.29) is 18.9 Å². The molecule has 0 saturated carbocycles. The van der Waals surface area contributed by atoms with Gasteiger partial charge < -0.3 is 15.7 Å². The SMILES string of the molecule is COS(=O)(=O)CCNc1cc(CO)cc(Nc2c3ccccc3nc3ccccc23)c1. The van der Waals surface area contributed by atoms with Crippen LogP contribution in [-0.4, -0.2) is 37.9 Å². The van der Waals surface area contributed by atoms with E-state index in [4.69, 9.17) is 4.98 Å². The number of hydrogen-bond donors (Lipinski definition) is 3. The predicted molar refractivity (Wildman–Crippen MR) is 124 cm³/mol. The van der Waals surface area contributed by atoms with E-state index in [9.17, 15) is 13.5 Å². The molecule has 0 fully saturated rings. The zero-order valence-electron chi connectivity index (χ0n) is 17.0. The summed E-state index contributed by atoms with van der Waals surface area (Å²) in [5.41, 5.74) is 4.84. The average Bonchev–Trinajstić information content (AvgIpc) is 2.78. The Hall–Kier alpha value is -3.20. The molecule has 4 rings (SSSR count). The Morgan fingerprint density at radius 3 is 2.16 bits per heavy atom. The van der Waals surface area contributed by atoms with Crippen molar-refractivity contribution in [3.63, 3.8) is 0 Å². The van der Waals surface area contributed by atoms with Gasteiger partial charge in [0.25, 0.3) is 10.1 Å². The van der Waals surface area contributed by atoms with Crippen molar-refractivity contribution in [3.05, 3.63) is 72.3 Å². The smallest absolute Gasteiger partial charge is 0.268 e. The summed E-state index contributed by atoms with van der Waals surface area (Å²) in [7, 11) is -2.40. The number of fused-ring (bicyclic) bond motifs is 2. The summed E-state index contributed by atoms with van der Waals surface area (Å²) in [4.78, 5) is 4.74. The standard InChI is InChI=1S/C23H23N3O4S/c1-30-31(28,29)11-10-24-17-12-16(15-27)13-18(14-17)25-23-19-6-2-4-8-21(19)26-22-9-5-3-7-20(22)23/h2-9,12-14,24,27H,10-11,15H2,1H3,(H,25,26). The van der Waals surface area contributed by atoms with Gasteiger partial charge in [-0.2, -0.15) is 8.42 Å². The Kier molecular flexibility index (Phi) is 6.03. The molecule has 8 heteroatoms. The summed E-state index contributed by atoms with van der Waals surface area (Å²) >= 11 is 0. The number of nitrogens with zero attached hydrogens (tertiary/aromatic N) is 1. The molecule has 0 saturated heterocycles. The van der Waals surface area contributed by atoms with Gasteiger partial charge in [0.1, 0.15) is 0 Å². The molecule has 0 unspecified atom stereocenters. The van der Waals surface area contributed by atoms with Crippen LogP contribution in [0.2, 0.25) is 0 Å². The number of anilines is 3. The van der Waals surface area contributed by atoms with Crippen molar-refractivity contribution in [2.45, 2.75) is 6.61 Å². The van der Waals surface area contributed by atoms with Gasteiger partial charge in [-0.05, 0) is 35.9 Å². The normalized spacial score (nSPS) is 11.7. The average molecular weight is 438 g/mol. The number of aromatic nitrogens is 1. The molecule has 4 aromatic rings. The van der Waals surface area contributed by atoms with Crippen molar-refractivity contribution in [3.8, 4) is 0 Å². The molecule has 0 atom stereocenters. The fourth-order valence-electron chi connectivity index (χ4n) is 3.48. The molecule has 3 aromatic carbocycles. The van der Waals surface area contributed by atoms with Crippen molar-refractivity contribution in [1.29, 1.82) is 0 Å². The number of aliphatic hydroxyl groups is 1. The topological polar surface area (TPSA) is 101 Å². The molecule has 0 amide bonds. The molecule has 3 N–H and O–H groups in total. The molecule has 0 aliphatic heterocycles. The van der Waals surface area contributed by atoms with Crippen LogP contribution in [0.25, 0.3) is 21.8 Å². The monoisotopic (exact) mass is 437 g/mol. The summed E-state index contributed by atoms with van der Waals surface area (Å²) in [6.07, 6.45) is 0. The van der Waals surface area contributed by atoms with E-state index in [0.717, 1.165) is 40.3 Å². The summed E-state index contributed by atoms with van der Waals surface area (Å²) in [6.45, 7) is 0.0457. The molecule has 1 heterocycles. The zero-order chi connectivity index (χ0) is 21.8. The van der Waals surface area contributed by atoms with E-state index in [1.807, 2.05) is 60.7 Å². The number of para-hydroxylation sites is 2. The second-order valence-electron chi connectivity index (χ2n) is 7.08. The summed E-state index contributed by atoms with van der Waals surface area (Å²) in [6, 6.07) is 21.3. The highest BCUT2D eigenvalue weighted by Gasteiger charge is 2.11. The van der Waals surface area contributed by atoms with Crippen molar-refractivity contribution in [1.82, 2.24) is 4.98 Å². The Bertz CT molecular complexity index is 1290. The van der Waals surface area contributed by atoms with Crippen LogP contribution in [-0.2, 0) is 20.9 Å². The minimum atomic E-state index is -3.55. The third-order valence-corrected chi connectivity index (χ3v) is 6.18. The van der Waals surface area contributed by atoms with Gasteiger partial charge in [0.05, 0.1) is 36.2 Å². The first-order valence-corrected chi connectivity index (χ1v) is 11.4. The molecule has 7 nitrogen and oxygen atoms in total. The number of nitrogens with one attached hydrogen (secondary N) is 2. The highest BCUT2D eigenvalue weighted by atomic mass is 32.2. The second-order valence-corrected chi connectivity index (χ2v) is 8.94. The van der Waals surface area contributed by atoms with Gasteiger partial charge >= 0.3 is 0 Å². The molecule has 31 heavy (non-hydrogen) atoms. The third-order valence-electron chi connectivity index (χ3n) is 4.97. The number of hydrogen-bond acceptors (Lipinski definition) is 7. The third kappa shape index (κ3) is 4.77. The Labute approximate surface area is 180 Å². The molecular formula is C23H23N3O4S. The van der Waals surface area contributed by atoms with Crippen molar-refractivity contribution < 1.29 is 17.7 Å². The molecule has 0 aliphatic rings. The molecule has 0 bridgehead atoms. The summed E-state index contributed by atoms with van der Waals surface area (Å²) in [5.74, 6) is -0.157. The van der Waals surface area contributed by atoms with Gasteiger partial charge in [-0.3, -0.25) is 4.18 Å². The van der Waals surface area contributed by atoms with Crippen LogP contribution in [0.15, 0.2) is 66.7 Å². The van der Waals surface area contributed by atoms with Crippen molar-refractivity contribution >= 4 is 49.0 Å². The fraction of sp³-hybridized carbons (Fsp3) is 0.174. The molecular weight excluding hydrogens is 414 g/mol. The molecule has 0 aliphatic carbocycles. The number of pyridine rings is 1. The van der Waals surface area contributed by atoms with Crippen molar-refractivity contribution in [2.75, 3.05) is 30.0 Å². The van der Waals surface area contributed by atoms with Crippen LogP contribution in [0.3, 0.4) is 0 Å². The van der Waals surface area contributed by atoms with Gasteiger partial charge in [0.2, 0.25) is 0 Å². The van der Waals surface area contributed by atoms with Crippen LogP contribution < -0.4 is 10.6 Å². The molecule has 160 valence electrons. The highest BCUT2D eigenvalue weighted by molar-refractivity contribution is 7.86. The van der Waals surface area contributed by atoms with Crippen LogP contribution in [0.4, 0.5) is 17.1 Å². The first-order chi connectivity index (χ1) is 15.0. The molecule has 1 aromatic heterocycles. The van der Waals surface area contributed by atoms with Gasteiger partial charge in [-0.1, -0.05) is 36.4 Å². The van der Waals surface area contributed by atoms with Gasteiger partial charge in [0, 0.05) is 28.7 Å². The van der Waals surface area contributed by atoms with Gasteiger partial charge in [-0.15, -0.1) is 0 Å². The maximum absolute atomic E-state index is 11.5. The van der Waals surface area contributed by atoms with Crippen LogP contribution in [0.1, 0.15) is 5.56 Å². The van der Waals surface area contributed by atoms with E-state index >= 15 is 0 Å². The van der Waals surface area contributed by atoms with Gasteiger partial charge in [-0.25, -0.2) is 4.98 Å². The zero-order valence-corrected chi connectivity index (χ0v) is 17.8. The molecule has 0 radical (unpaired) electrons. The summed E-state index contributed by atoms with van der Waals surface area (Å²) in [5, 5.41) is 18.2. The van der Waals surface area contributed by atoms with E-state index in [2.05, 4.69) is 14.8 Å². The molecule has 0 spiro atoms. The largest absolute Gasteiger partial charge is 0.392 e. The minimum Gasteiger partial charge on any atom is -0.392 e. The fourth-order valence-corrected chi connectivity index (χ4v) is 4.00. The van der Waals surface area contributed by atoms with Crippen LogP contribution in [0.5, 0.6) is 0 Å². The highest BCUT2D eigenvalue weighted by Crippen LogP contribution is 2.34.